The van der Waals surface area contributed by atoms with Gasteiger partial charge in [-0.2, -0.15) is 13.2 Å². The molecule has 0 aliphatic rings. The van der Waals surface area contributed by atoms with Crippen LogP contribution in [0.5, 0.6) is 0 Å². The van der Waals surface area contributed by atoms with E-state index in [9.17, 15) is 13.2 Å². The minimum atomic E-state index is -4.52. The summed E-state index contributed by atoms with van der Waals surface area (Å²) in [6.07, 6.45) is -4.52. The van der Waals surface area contributed by atoms with Crippen LogP contribution >= 0.6 is 39.1 Å². The number of hydrogen-bond donors (Lipinski definition) is 0. The molecule has 0 unspecified atom stereocenters. The quantitative estimate of drug-likeness (QED) is 0.655. The summed E-state index contributed by atoms with van der Waals surface area (Å²) in [5, 5.41) is -0.751. The molecule has 0 saturated heterocycles. The average Bonchev–Trinajstić information content (AvgIpc) is 1.94. The minimum absolute atomic E-state index is 0.0610. The fourth-order valence-corrected chi connectivity index (χ4v) is 1.39. The molecule has 0 atom stereocenters. The lowest BCUT2D eigenvalue weighted by molar-refractivity contribution is -0.137. The van der Waals surface area contributed by atoms with Crippen LogP contribution in [0.2, 0.25) is 10.3 Å². The molecule has 7 heteroatoms. The van der Waals surface area contributed by atoms with Gasteiger partial charge in [-0.1, -0.05) is 23.2 Å². The Labute approximate surface area is 90.0 Å². The summed E-state index contributed by atoms with van der Waals surface area (Å²) in [5.41, 5.74) is -1.01. The summed E-state index contributed by atoms with van der Waals surface area (Å²) in [6, 6.07) is 0.789. The molecular weight excluding hydrogens is 294 g/mol. The Hall–Kier alpha value is -0.000000000000000167. The molecule has 0 amide bonds. The molecule has 1 aromatic heterocycles. The van der Waals surface area contributed by atoms with E-state index in [0.717, 1.165) is 6.07 Å². The molecule has 0 radical (unpaired) electrons. The van der Waals surface area contributed by atoms with E-state index in [1.807, 2.05) is 0 Å². The molecule has 0 saturated carbocycles. The van der Waals surface area contributed by atoms with Gasteiger partial charge >= 0.3 is 6.18 Å². The first kappa shape index (κ1) is 11.1. The zero-order valence-electron chi connectivity index (χ0n) is 5.79. The standard InChI is InChI=1S/C6HBrCl2F3N/c7-3-1-2(6(10,11)12)4(8)13-5(3)9/h1H. The van der Waals surface area contributed by atoms with Crippen LogP contribution in [-0.4, -0.2) is 4.98 Å². The van der Waals surface area contributed by atoms with E-state index in [-0.39, 0.29) is 9.63 Å². The Balaban J connectivity index is 3.32. The lowest BCUT2D eigenvalue weighted by Gasteiger charge is -2.08. The molecule has 0 aromatic carbocycles. The van der Waals surface area contributed by atoms with E-state index < -0.39 is 16.9 Å². The topological polar surface area (TPSA) is 12.9 Å². The van der Waals surface area contributed by atoms with Crippen LogP contribution in [0.3, 0.4) is 0 Å². The Bertz CT molecular complexity index is 339. The number of alkyl halides is 3. The number of nitrogens with zero attached hydrogens (tertiary/aromatic N) is 1. The predicted octanol–water partition coefficient (Wildman–Crippen LogP) is 4.17. The molecule has 1 nitrogen and oxygen atoms in total. The van der Waals surface area contributed by atoms with Crippen LogP contribution in [0.15, 0.2) is 10.5 Å². The highest BCUT2D eigenvalue weighted by Gasteiger charge is 2.34. The molecule has 0 aliphatic carbocycles. The van der Waals surface area contributed by atoms with Gasteiger partial charge in [-0.05, 0) is 22.0 Å². The summed E-state index contributed by atoms with van der Waals surface area (Å²) in [5.74, 6) is 0. The summed E-state index contributed by atoms with van der Waals surface area (Å²) in [4.78, 5) is 3.30. The van der Waals surface area contributed by atoms with E-state index in [2.05, 4.69) is 20.9 Å². The first-order valence-corrected chi connectivity index (χ1v) is 4.46. The van der Waals surface area contributed by atoms with Crippen molar-refractivity contribution in [3.05, 3.63) is 26.4 Å². The van der Waals surface area contributed by atoms with Gasteiger partial charge in [-0.15, -0.1) is 0 Å². The fourth-order valence-electron chi connectivity index (χ4n) is 0.644. The largest absolute Gasteiger partial charge is 0.419 e. The predicted molar refractivity (Wildman–Crippen MR) is 47.0 cm³/mol. The summed E-state index contributed by atoms with van der Waals surface area (Å²) < 4.78 is 36.6. The zero-order chi connectivity index (χ0) is 10.2. The van der Waals surface area contributed by atoms with E-state index >= 15 is 0 Å². The highest BCUT2D eigenvalue weighted by atomic mass is 79.9. The van der Waals surface area contributed by atoms with Crippen molar-refractivity contribution in [2.45, 2.75) is 6.18 Å². The number of halogens is 6. The molecule has 13 heavy (non-hydrogen) atoms. The van der Waals surface area contributed by atoms with Gasteiger partial charge in [0.1, 0.15) is 10.3 Å². The van der Waals surface area contributed by atoms with E-state index in [0.29, 0.717) is 0 Å². The van der Waals surface area contributed by atoms with Crippen molar-refractivity contribution in [1.29, 1.82) is 0 Å². The van der Waals surface area contributed by atoms with Crippen LogP contribution < -0.4 is 0 Å². The Morgan fingerprint density at radius 3 is 2.23 bits per heavy atom. The maximum Gasteiger partial charge on any atom is 0.419 e. The molecule has 0 aliphatic heterocycles. The highest BCUT2D eigenvalue weighted by molar-refractivity contribution is 9.10. The number of hydrogen-bond acceptors (Lipinski definition) is 1. The van der Waals surface area contributed by atoms with E-state index in [4.69, 9.17) is 23.2 Å². The molecule has 1 aromatic rings. The Morgan fingerprint density at radius 1 is 1.23 bits per heavy atom. The molecule has 1 rings (SSSR count). The summed E-state index contributed by atoms with van der Waals surface area (Å²) >= 11 is 13.5. The van der Waals surface area contributed by atoms with Crippen LogP contribution in [0.4, 0.5) is 13.2 Å². The van der Waals surface area contributed by atoms with Crippen LogP contribution in [0.1, 0.15) is 5.56 Å². The van der Waals surface area contributed by atoms with Crippen molar-refractivity contribution in [2.75, 3.05) is 0 Å². The number of rotatable bonds is 0. The third kappa shape index (κ3) is 2.48. The lowest BCUT2D eigenvalue weighted by atomic mass is 10.3. The Morgan fingerprint density at radius 2 is 1.77 bits per heavy atom. The second kappa shape index (κ2) is 3.63. The molecule has 0 spiro atoms. The van der Waals surface area contributed by atoms with Gasteiger partial charge in [0, 0.05) is 0 Å². The van der Waals surface area contributed by atoms with E-state index in [1.54, 1.807) is 0 Å². The van der Waals surface area contributed by atoms with Crippen molar-refractivity contribution in [3.63, 3.8) is 0 Å². The van der Waals surface area contributed by atoms with Gasteiger partial charge in [0.25, 0.3) is 0 Å². The maximum atomic E-state index is 12.2. The average molecular weight is 295 g/mol. The fraction of sp³-hybridized carbons (Fsp3) is 0.167. The lowest BCUT2D eigenvalue weighted by Crippen LogP contribution is -2.07. The van der Waals surface area contributed by atoms with Gasteiger partial charge in [0.2, 0.25) is 0 Å². The van der Waals surface area contributed by atoms with Crippen molar-refractivity contribution in [2.24, 2.45) is 0 Å². The second-order valence-corrected chi connectivity index (χ2v) is 3.67. The third-order valence-electron chi connectivity index (χ3n) is 1.19. The normalized spacial score (nSPS) is 11.8. The van der Waals surface area contributed by atoms with Gasteiger partial charge in [-0.3, -0.25) is 0 Å². The third-order valence-corrected chi connectivity index (χ3v) is 2.60. The SMILES string of the molecule is FC(F)(F)c1cc(Br)c(Cl)nc1Cl. The monoisotopic (exact) mass is 293 g/mol. The minimum Gasteiger partial charge on any atom is -0.223 e. The molecular formula is C6HBrCl2F3N. The Kier molecular flexibility index (Phi) is 3.09. The molecule has 0 fully saturated rings. The van der Waals surface area contributed by atoms with Crippen molar-refractivity contribution in [3.8, 4) is 0 Å². The summed E-state index contributed by atoms with van der Waals surface area (Å²) in [6.45, 7) is 0. The van der Waals surface area contributed by atoms with Crippen LogP contribution in [0, 0.1) is 0 Å². The van der Waals surface area contributed by atoms with Gasteiger partial charge < -0.3 is 0 Å². The molecule has 0 N–H and O–H groups in total. The van der Waals surface area contributed by atoms with Gasteiger partial charge in [-0.25, -0.2) is 4.98 Å². The second-order valence-electron chi connectivity index (χ2n) is 2.10. The molecule has 0 bridgehead atoms. The number of aromatic nitrogens is 1. The van der Waals surface area contributed by atoms with Crippen LogP contribution in [0.25, 0.3) is 0 Å². The van der Waals surface area contributed by atoms with Gasteiger partial charge in [0.15, 0.2) is 0 Å². The van der Waals surface area contributed by atoms with Crippen molar-refractivity contribution >= 4 is 39.1 Å². The maximum absolute atomic E-state index is 12.2. The highest BCUT2D eigenvalue weighted by Crippen LogP contribution is 2.36. The summed E-state index contributed by atoms with van der Waals surface area (Å²) in [7, 11) is 0. The first-order valence-electron chi connectivity index (χ1n) is 2.91. The van der Waals surface area contributed by atoms with E-state index in [1.165, 1.54) is 0 Å². The molecule has 1 heterocycles. The van der Waals surface area contributed by atoms with Crippen molar-refractivity contribution < 1.29 is 13.2 Å². The van der Waals surface area contributed by atoms with Crippen molar-refractivity contribution in [1.82, 2.24) is 4.98 Å². The smallest absolute Gasteiger partial charge is 0.223 e. The van der Waals surface area contributed by atoms with Crippen LogP contribution in [-0.2, 0) is 6.18 Å². The zero-order valence-corrected chi connectivity index (χ0v) is 8.89. The number of pyridine rings is 1. The van der Waals surface area contributed by atoms with Gasteiger partial charge in [0.05, 0.1) is 10.0 Å². The molecule has 72 valence electrons. The first-order chi connectivity index (χ1) is 5.82.